The fourth-order valence-corrected chi connectivity index (χ4v) is 4.41. The number of benzene rings is 3. The van der Waals surface area contributed by atoms with Crippen LogP contribution < -0.4 is 15.7 Å². The Morgan fingerprint density at radius 2 is 1.61 bits per heavy atom. The summed E-state index contributed by atoms with van der Waals surface area (Å²) in [5.41, 5.74) is 3.62. The smallest absolute Gasteiger partial charge is 0.328 e. The van der Waals surface area contributed by atoms with Gasteiger partial charge in [0.15, 0.2) is 0 Å². The molecule has 4 aromatic rings. The van der Waals surface area contributed by atoms with E-state index < -0.39 is 0 Å². The number of methoxy groups -OCH3 is 1. The van der Waals surface area contributed by atoms with Crippen LogP contribution in [0.15, 0.2) is 75.2 Å². The lowest BCUT2D eigenvalue weighted by atomic mass is 10.1. The average molecular weight is 434 g/mol. The van der Waals surface area contributed by atoms with Gasteiger partial charge in [-0.05, 0) is 55.0 Å². The summed E-state index contributed by atoms with van der Waals surface area (Å²) in [5.74, 6) is 0.591. The number of imidazole rings is 1. The Kier molecular flexibility index (Phi) is 5.61. The summed E-state index contributed by atoms with van der Waals surface area (Å²) in [4.78, 5) is 27.3. The molecule has 0 aliphatic rings. The van der Waals surface area contributed by atoms with E-state index in [0.29, 0.717) is 11.3 Å². The molecule has 1 N–H and O–H groups in total. The molecule has 0 saturated carbocycles. The quantitative estimate of drug-likeness (QED) is 0.500. The van der Waals surface area contributed by atoms with Crippen LogP contribution in [0.5, 0.6) is 5.75 Å². The van der Waals surface area contributed by atoms with Crippen molar-refractivity contribution in [3.05, 3.63) is 82.3 Å². The molecule has 158 valence electrons. The maximum absolute atomic E-state index is 13.0. The van der Waals surface area contributed by atoms with Crippen LogP contribution in [-0.4, -0.2) is 22.2 Å². The fourth-order valence-electron chi connectivity index (χ4n) is 3.50. The van der Waals surface area contributed by atoms with E-state index >= 15 is 0 Å². The zero-order valence-corrected chi connectivity index (χ0v) is 18.6. The number of anilines is 1. The summed E-state index contributed by atoms with van der Waals surface area (Å²) in [7, 11) is 5.11. The maximum atomic E-state index is 13.0. The molecule has 0 saturated heterocycles. The van der Waals surface area contributed by atoms with Crippen LogP contribution in [0.4, 0.5) is 5.69 Å². The average Bonchev–Trinajstić information content (AvgIpc) is 2.98. The summed E-state index contributed by atoms with van der Waals surface area (Å²) in [6.07, 6.45) is 0. The van der Waals surface area contributed by atoms with Crippen molar-refractivity contribution in [1.29, 1.82) is 0 Å². The molecule has 6 nitrogen and oxygen atoms in total. The van der Waals surface area contributed by atoms with Gasteiger partial charge in [0.2, 0.25) is 0 Å². The highest BCUT2D eigenvalue weighted by atomic mass is 32.2. The number of nitrogens with zero attached hydrogens (tertiary/aromatic N) is 2. The first-order valence-electron chi connectivity index (χ1n) is 9.77. The molecule has 7 heteroatoms. The predicted molar refractivity (Wildman–Crippen MR) is 124 cm³/mol. The number of carbonyl (C=O) groups excluding carboxylic acids is 1. The van der Waals surface area contributed by atoms with Crippen LogP contribution in [0.2, 0.25) is 0 Å². The molecular weight excluding hydrogens is 410 g/mol. The van der Waals surface area contributed by atoms with Crippen LogP contribution >= 0.6 is 11.8 Å². The van der Waals surface area contributed by atoms with Crippen molar-refractivity contribution in [2.75, 3.05) is 12.4 Å². The third-order valence-electron chi connectivity index (χ3n) is 5.30. The number of fused-ring (bicyclic) bond motifs is 1. The fraction of sp³-hybridized carbons (Fsp3) is 0.167. The lowest BCUT2D eigenvalue weighted by molar-refractivity contribution is 0.102. The number of ether oxygens (including phenoxy) is 1. The monoisotopic (exact) mass is 433 g/mol. The Bertz CT molecular complexity index is 1340. The standard InChI is InChI=1S/C24H23N3O3S/c1-15-7-5-6-8-18(15)23(28)25-19-13-20-21(27(3)24(29)26(20)2)14-22(19)31-17-11-9-16(30-4)10-12-17/h5-14H,1-4H3,(H,25,28). The van der Waals surface area contributed by atoms with Gasteiger partial charge in [-0.15, -0.1) is 0 Å². The molecule has 0 fully saturated rings. The first-order chi connectivity index (χ1) is 14.9. The summed E-state index contributed by atoms with van der Waals surface area (Å²) >= 11 is 1.52. The van der Waals surface area contributed by atoms with Gasteiger partial charge in [-0.25, -0.2) is 4.79 Å². The molecule has 0 spiro atoms. The third kappa shape index (κ3) is 3.96. The van der Waals surface area contributed by atoms with Crippen LogP contribution in [0.3, 0.4) is 0 Å². The molecular formula is C24H23N3O3S. The zero-order valence-electron chi connectivity index (χ0n) is 17.8. The van der Waals surface area contributed by atoms with E-state index in [1.165, 1.54) is 11.8 Å². The van der Waals surface area contributed by atoms with Gasteiger partial charge in [-0.1, -0.05) is 30.0 Å². The number of hydrogen-bond acceptors (Lipinski definition) is 4. The largest absolute Gasteiger partial charge is 0.497 e. The van der Waals surface area contributed by atoms with Crippen molar-refractivity contribution in [2.24, 2.45) is 14.1 Å². The molecule has 4 rings (SSSR count). The van der Waals surface area contributed by atoms with Gasteiger partial charge in [0, 0.05) is 29.4 Å². The van der Waals surface area contributed by atoms with Gasteiger partial charge >= 0.3 is 5.69 Å². The molecule has 0 aliphatic carbocycles. The van der Waals surface area contributed by atoms with Crippen molar-refractivity contribution in [3.8, 4) is 5.75 Å². The molecule has 0 bridgehead atoms. The van der Waals surface area contributed by atoms with Gasteiger partial charge in [-0.3, -0.25) is 13.9 Å². The minimum absolute atomic E-state index is 0.113. The molecule has 0 atom stereocenters. The Morgan fingerprint density at radius 1 is 0.968 bits per heavy atom. The second kappa shape index (κ2) is 8.35. The van der Waals surface area contributed by atoms with Gasteiger partial charge in [0.1, 0.15) is 5.75 Å². The Morgan fingerprint density at radius 3 is 2.26 bits per heavy atom. The van der Waals surface area contributed by atoms with E-state index in [-0.39, 0.29) is 11.6 Å². The molecule has 31 heavy (non-hydrogen) atoms. The number of rotatable bonds is 5. The van der Waals surface area contributed by atoms with E-state index in [1.807, 2.05) is 61.5 Å². The number of aromatic nitrogens is 2. The molecule has 1 heterocycles. The first-order valence-corrected chi connectivity index (χ1v) is 10.6. The second-order valence-electron chi connectivity index (χ2n) is 7.28. The van der Waals surface area contributed by atoms with Crippen LogP contribution in [0.1, 0.15) is 15.9 Å². The number of hydrogen-bond donors (Lipinski definition) is 1. The number of aryl methyl sites for hydroxylation is 3. The van der Waals surface area contributed by atoms with Gasteiger partial charge in [-0.2, -0.15) is 0 Å². The Balaban J connectivity index is 1.80. The molecule has 0 unspecified atom stereocenters. The normalized spacial score (nSPS) is 11.0. The van der Waals surface area contributed by atoms with Crippen molar-refractivity contribution < 1.29 is 9.53 Å². The van der Waals surface area contributed by atoms with E-state index in [2.05, 4.69) is 5.32 Å². The highest BCUT2D eigenvalue weighted by Crippen LogP contribution is 2.37. The van der Waals surface area contributed by atoms with Crippen molar-refractivity contribution in [1.82, 2.24) is 9.13 Å². The third-order valence-corrected chi connectivity index (χ3v) is 6.36. The highest BCUT2D eigenvalue weighted by molar-refractivity contribution is 7.99. The Labute approximate surface area is 184 Å². The van der Waals surface area contributed by atoms with E-state index in [9.17, 15) is 9.59 Å². The first kappa shape index (κ1) is 20.8. The zero-order chi connectivity index (χ0) is 22.1. The van der Waals surface area contributed by atoms with Gasteiger partial charge in [0.05, 0.1) is 23.8 Å². The van der Waals surface area contributed by atoms with Crippen molar-refractivity contribution >= 4 is 34.4 Å². The second-order valence-corrected chi connectivity index (χ2v) is 8.40. The van der Waals surface area contributed by atoms with Crippen LogP contribution in [0, 0.1) is 6.92 Å². The SMILES string of the molecule is COc1ccc(Sc2cc3c(cc2NC(=O)c2ccccc2C)n(C)c(=O)n3C)cc1. The predicted octanol–water partition coefficient (Wildman–Crippen LogP) is 4.60. The van der Waals surface area contributed by atoms with E-state index in [4.69, 9.17) is 4.74 Å². The van der Waals surface area contributed by atoms with Gasteiger partial charge < -0.3 is 10.1 Å². The maximum Gasteiger partial charge on any atom is 0.328 e. The van der Waals surface area contributed by atoms with Crippen LogP contribution in [-0.2, 0) is 14.1 Å². The molecule has 0 aliphatic heterocycles. The molecule has 0 radical (unpaired) electrons. The number of nitrogens with one attached hydrogen (secondary N) is 1. The molecule has 1 aromatic heterocycles. The topological polar surface area (TPSA) is 65.3 Å². The van der Waals surface area contributed by atoms with Crippen LogP contribution in [0.25, 0.3) is 11.0 Å². The molecule has 1 amide bonds. The summed E-state index contributed by atoms with van der Waals surface area (Å²) in [5, 5.41) is 3.05. The van der Waals surface area contributed by atoms with Gasteiger partial charge in [0.25, 0.3) is 5.91 Å². The minimum Gasteiger partial charge on any atom is -0.497 e. The number of amides is 1. The summed E-state index contributed by atoms with van der Waals surface area (Å²) in [6.45, 7) is 1.91. The number of carbonyl (C=O) groups is 1. The summed E-state index contributed by atoms with van der Waals surface area (Å²) < 4.78 is 8.43. The summed E-state index contributed by atoms with van der Waals surface area (Å²) in [6, 6.07) is 19.0. The minimum atomic E-state index is -0.185. The lowest BCUT2D eigenvalue weighted by Gasteiger charge is -2.13. The van der Waals surface area contributed by atoms with E-state index in [1.54, 1.807) is 36.4 Å². The van der Waals surface area contributed by atoms with Crippen molar-refractivity contribution in [2.45, 2.75) is 16.7 Å². The lowest BCUT2D eigenvalue weighted by Crippen LogP contribution is -2.19. The Hall–Kier alpha value is -3.45. The highest BCUT2D eigenvalue weighted by Gasteiger charge is 2.17. The molecule has 3 aromatic carbocycles. The van der Waals surface area contributed by atoms with Crippen molar-refractivity contribution in [3.63, 3.8) is 0 Å². The van der Waals surface area contributed by atoms with E-state index in [0.717, 1.165) is 32.1 Å².